The van der Waals surface area contributed by atoms with Gasteiger partial charge in [0.15, 0.2) is 5.84 Å². The van der Waals surface area contributed by atoms with Gasteiger partial charge in [0.1, 0.15) is 4.90 Å². The zero-order valence-corrected chi connectivity index (χ0v) is 19.1. The summed E-state index contributed by atoms with van der Waals surface area (Å²) in [6, 6.07) is 15.0. The zero-order chi connectivity index (χ0) is 21.3. The summed E-state index contributed by atoms with van der Waals surface area (Å²) in [5.41, 5.74) is 1.79. The van der Waals surface area contributed by atoms with Crippen molar-refractivity contribution in [1.82, 2.24) is 10.2 Å². The van der Waals surface area contributed by atoms with Crippen LogP contribution in [0.2, 0.25) is 0 Å². The van der Waals surface area contributed by atoms with E-state index in [0.29, 0.717) is 24.5 Å². The molecule has 158 valence electrons. The van der Waals surface area contributed by atoms with E-state index < -0.39 is 10.0 Å². The van der Waals surface area contributed by atoms with Crippen LogP contribution in [0.3, 0.4) is 0 Å². The SMILES string of the molecule is CC(Cc1ccc(Br)cc1)NC(=O)C1CCCN(C2=NS(=O)(=O)c3ccccc32)C1. The van der Waals surface area contributed by atoms with Crippen LogP contribution in [0.25, 0.3) is 0 Å². The van der Waals surface area contributed by atoms with Crippen LogP contribution in [0.1, 0.15) is 30.9 Å². The number of piperidine rings is 1. The highest BCUT2D eigenvalue weighted by Crippen LogP contribution is 2.29. The van der Waals surface area contributed by atoms with Crippen LogP contribution in [0, 0.1) is 5.92 Å². The largest absolute Gasteiger partial charge is 0.355 e. The van der Waals surface area contributed by atoms with Crippen molar-refractivity contribution in [2.75, 3.05) is 13.1 Å². The molecule has 1 N–H and O–H groups in total. The number of carbonyl (C=O) groups is 1. The van der Waals surface area contributed by atoms with E-state index in [1.54, 1.807) is 18.2 Å². The van der Waals surface area contributed by atoms with Crippen LogP contribution in [-0.2, 0) is 21.2 Å². The molecule has 2 aliphatic rings. The molecule has 0 aliphatic carbocycles. The van der Waals surface area contributed by atoms with Gasteiger partial charge in [-0.05, 0) is 56.0 Å². The zero-order valence-electron chi connectivity index (χ0n) is 16.7. The number of sulfonamides is 1. The fraction of sp³-hybridized carbons (Fsp3) is 0.364. The van der Waals surface area contributed by atoms with E-state index in [-0.39, 0.29) is 22.8 Å². The molecule has 0 bridgehead atoms. The second kappa shape index (κ2) is 8.51. The number of carbonyl (C=O) groups excluding carboxylic acids is 1. The maximum atomic E-state index is 12.9. The number of nitrogens with zero attached hydrogens (tertiary/aromatic N) is 2. The lowest BCUT2D eigenvalue weighted by Crippen LogP contribution is -2.47. The Morgan fingerprint density at radius 1 is 1.23 bits per heavy atom. The predicted octanol–water partition coefficient (Wildman–Crippen LogP) is 3.36. The van der Waals surface area contributed by atoms with Gasteiger partial charge < -0.3 is 10.2 Å². The van der Waals surface area contributed by atoms with Crippen LogP contribution >= 0.6 is 15.9 Å². The average Bonchev–Trinajstić information content (AvgIpc) is 3.01. The van der Waals surface area contributed by atoms with Gasteiger partial charge in [-0.15, -0.1) is 4.40 Å². The highest BCUT2D eigenvalue weighted by Gasteiger charge is 2.35. The lowest BCUT2D eigenvalue weighted by Gasteiger charge is -2.34. The molecular formula is C22H24BrN3O3S. The Kier molecular flexibility index (Phi) is 5.97. The van der Waals surface area contributed by atoms with Crippen LogP contribution in [-0.4, -0.2) is 44.2 Å². The first-order valence-corrected chi connectivity index (χ1v) is 12.3. The molecule has 0 saturated carbocycles. The van der Waals surface area contributed by atoms with Gasteiger partial charge in [0, 0.05) is 29.2 Å². The smallest absolute Gasteiger partial charge is 0.285 e. The number of likely N-dealkylation sites (tertiary alicyclic amines) is 1. The van der Waals surface area contributed by atoms with E-state index in [0.717, 1.165) is 23.7 Å². The van der Waals surface area contributed by atoms with Crippen molar-refractivity contribution in [2.24, 2.45) is 10.3 Å². The van der Waals surface area contributed by atoms with E-state index in [2.05, 4.69) is 25.6 Å². The summed E-state index contributed by atoms with van der Waals surface area (Å²) in [7, 11) is -3.66. The Balaban J connectivity index is 1.42. The summed E-state index contributed by atoms with van der Waals surface area (Å²) in [6.07, 6.45) is 2.36. The minimum atomic E-state index is -3.66. The molecular weight excluding hydrogens is 466 g/mol. The monoisotopic (exact) mass is 489 g/mol. The summed E-state index contributed by atoms with van der Waals surface area (Å²) in [4.78, 5) is 15.1. The second-order valence-electron chi connectivity index (χ2n) is 7.91. The molecule has 8 heteroatoms. The van der Waals surface area contributed by atoms with E-state index in [4.69, 9.17) is 0 Å². The lowest BCUT2D eigenvalue weighted by molar-refractivity contribution is -0.126. The Morgan fingerprint density at radius 2 is 1.97 bits per heavy atom. The second-order valence-corrected chi connectivity index (χ2v) is 10.4. The highest BCUT2D eigenvalue weighted by atomic mass is 79.9. The number of nitrogens with one attached hydrogen (secondary N) is 1. The predicted molar refractivity (Wildman–Crippen MR) is 120 cm³/mol. The normalized spacial score (nSPS) is 20.9. The molecule has 2 aromatic carbocycles. The molecule has 0 spiro atoms. The van der Waals surface area contributed by atoms with Gasteiger partial charge in [0.2, 0.25) is 5.91 Å². The van der Waals surface area contributed by atoms with E-state index in [9.17, 15) is 13.2 Å². The van der Waals surface area contributed by atoms with Crippen LogP contribution < -0.4 is 5.32 Å². The van der Waals surface area contributed by atoms with Gasteiger partial charge >= 0.3 is 0 Å². The minimum absolute atomic E-state index is 0.0129. The Labute approximate surface area is 185 Å². The summed E-state index contributed by atoms with van der Waals surface area (Å²) in [5.74, 6) is 0.286. The third-order valence-corrected chi connectivity index (χ3v) is 7.40. The molecule has 1 amide bonds. The number of amides is 1. The van der Waals surface area contributed by atoms with Crippen molar-refractivity contribution >= 4 is 37.7 Å². The van der Waals surface area contributed by atoms with Crippen LogP contribution in [0.4, 0.5) is 0 Å². The molecule has 2 heterocycles. The maximum Gasteiger partial charge on any atom is 0.285 e. The van der Waals surface area contributed by atoms with E-state index in [1.807, 2.05) is 42.2 Å². The fourth-order valence-corrected chi connectivity index (χ4v) is 5.58. The number of amidine groups is 1. The number of rotatable bonds is 4. The van der Waals surface area contributed by atoms with Crippen molar-refractivity contribution < 1.29 is 13.2 Å². The van der Waals surface area contributed by atoms with Gasteiger partial charge in [0.05, 0.1) is 5.92 Å². The topological polar surface area (TPSA) is 78.8 Å². The molecule has 2 unspecified atom stereocenters. The van der Waals surface area contributed by atoms with Crippen molar-refractivity contribution in [2.45, 2.75) is 37.1 Å². The highest BCUT2D eigenvalue weighted by molar-refractivity contribution is 9.10. The Morgan fingerprint density at radius 3 is 2.73 bits per heavy atom. The molecule has 0 aromatic heterocycles. The molecule has 0 radical (unpaired) electrons. The van der Waals surface area contributed by atoms with Gasteiger partial charge in [0.25, 0.3) is 10.0 Å². The quantitative estimate of drug-likeness (QED) is 0.713. The summed E-state index contributed by atoms with van der Waals surface area (Å²) in [5, 5.41) is 3.12. The number of fused-ring (bicyclic) bond motifs is 1. The van der Waals surface area contributed by atoms with Gasteiger partial charge in [-0.3, -0.25) is 4.79 Å². The van der Waals surface area contributed by atoms with Gasteiger partial charge in [-0.1, -0.05) is 40.2 Å². The van der Waals surface area contributed by atoms with Crippen molar-refractivity contribution in [3.05, 3.63) is 64.1 Å². The fourth-order valence-electron chi connectivity index (χ4n) is 4.09. The molecule has 1 saturated heterocycles. The molecule has 2 aromatic rings. The third kappa shape index (κ3) is 4.44. The average molecular weight is 490 g/mol. The first-order chi connectivity index (χ1) is 14.3. The number of halogens is 1. The lowest BCUT2D eigenvalue weighted by atomic mass is 9.95. The summed E-state index contributed by atoms with van der Waals surface area (Å²) >= 11 is 3.43. The standard InChI is InChI=1S/C22H24BrN3O3S/c1-15(13-16-8-10-18(23)11-9-16)24-22(27)17-5-4-12-26(14-17)21-19-6-2-3-7-20(19)30(28,29)25-21/h2-3,6-11,15,17H,4-5,12-14H2,1H3,(H,24,27). The van der Waals surface area contributed by atoms with Crippen molar-refractivity contribution in [1.29, 1.82) is 0 Å². The van der Waals surface area contributed by atoms with Gasteiger partial charge in [-0.25, -0.2) is 0 Å². The van der Waals surface area contributed by atoms with E-state index in [1.165, 1.54) is 5.56 Å². The first kappa shape index (κ1) is 21.1. The van der Waals surface area contributed by atoms with E-state index >= 15 is 0 Å². The third-order valence-electron chi connectivity index (χ3n) is 5.55. The van der Waals surface area contributed by atoms with Crippen LogP contribution in [0.5, 0.6) is 0 Å². The summed E-state index contributed by atoms with van der Waals surface area (Å²) < 4.78 is 29.8. The number of hydrogen-bond acceptors (Lipinski definition) is 4. The van der Waals surface area contributed by atoms with Crippen molar-refractivity contribution in [3.63, 3.8) is 0 Å². The van der Waals surface area contributed by atoms with Gasteiger partial charge in [-0.2, -0.15) is 8.42 Å². The Hall–Kier alpha value is -2.19. The summed E-state index contributed by atoms with van der Waals surface area (Å²) in [6.45, 7) is 3.17. The molecule has 4 rings (SSSR count). The maximum absolute atomic E-state index is 12.9. The first-order valence-electron chi connectivity index (χ1n) is 10.1. The molecule has 1 fully saturated rings. The van der Waals surface area contributed by atoms with Crippen LogP contribution in [0.15, 0.2) is 62.3 Å². The number of benzene rings is 2. The minimum Gasteiger partial charge on any atom is -0.355 e. The molecule has 2 atom stereocenters. The van der Waals surface area contributed by atoms with Crippen molar-refractivity contribution in [3.8, 4) is 0 Å². The molecule has 6 nitrogen and oxygen atoms in total. The molecule has 2 aliphatic heterocycles. The Bertz CT molecular complexity index is 1080. The molecule has 30 heavy (non-hydrogen) atoms. The number of hydrogen-bond donors (Lipinski definition) is 1.